The van der Waals surface area contributed by atoms with Crippen LogP contribution in [0.4, 0.5) is 0 Å². The molecule has 0 aliphatic carbocycles. The SMILES string of the molecule is C=CS(=O)(=O)NCCCN1CCN(CCOC)CC1. The van der Waals surface area contributed by atoms with Crippen molar-refractivity contribution in [2.24, 2.45) is 0 Å². The number of nitrogens with zero attached hydrogens (tertiary/aromatic N) is 2. The average molecular weight is 291 g/mol. The third kappa shape index (κ3) is 7.03. The Hall–Kier alpha value is -0.470. The summed E-state index contributed by atoms with van der Waals surface area (Å²) in [5.41, 5.74) is 0. The molecule has 19 heavy (non-hydrogen) atoms. The molecule has 0 radical (unpaired) electrons. The smallest absolute Gasteiger partial charge is 0.233 e. The minimum Gasteiger partial charge on any atom is -0.383 e. The molecule has 1 saturated heterocycles. The van der Waals surface area contributed by atoms with Gasteiger partial charge in [0.05, 0.1) is 6.61 Å². The summed E-state index contributed by atoms with van der Waals surface area (Å²) < 4.78 is 29.8. The molecule has 6 nitrogen and oxygen atoms in total. The molecule has 7 heteroatoms. The van der Waals surface area contributed by atoms with E-state index in [0.717, 1.165) is 57.7 Å². The van der Waals surface area contributed by atoms with Gasteiger partial charge in [-0.2, -0.15) is 0 Å². The number of piperazine rings is 1. The lowest BCUT2D eigenvalue weighted by molar-refractivity contribution is 0.0967. The lowest BCUT2D eigenvalue weighted by atomic mass is 10.3. The Morgan fingerprint density at radius 1 is 1.21 bits per heavy atom. The summed E-state index contributed by atoms with van der Waals surface area (Å²) in [5, 5.41) is 0.946. The van der Waals surface area contributed by atoms with E-state index in [0.29, 0.717) is 6.54 Å². The van der Waals surface area contributed by atoms with Crippen molar-refractivity contribution in [3.05, 3.63) is 12.0 Å². The van der Waals surface area contributed by atoms with Crippen LogP contribution in [0.25, 0.3) is 0 Å². The van der Waals surface area contributed by atoms with E-state index in [1.54, 1.807) is 7.11 Å². The summed E-state index contributed by atoms with van der Waals surface area (Å²) in [6.07, 6.45) is 0.825. The molecule has 0 bridgehead atoms. The summed E-state index contributed by atoms with van der Waals surface area (Å²) in [4.78, 5) is 4.76. The second kappa shape index (κ2) is 8.65. The number of methoxy groups -OCH3 is 1. The van der Waals surface area contributed by atoms with E-state index in [4.69, 9.17) is 4.74 Å². The molecule has 112 valence electrons. The van der Waals surface area contributed by atoms with Crippen molar-refractivity contribution in [1.29, 1.82) is 0 Å². The second-order valence-corrected chi connectivity index (χ2v) is 6.35. The zero-order valence-electron chi connectivity index (χ0n) is 11.7. The number of nitrogens with one attached hydrogen (secondary N) is 1. The number of ether oxygens (including phenoxy) is 1. The van der Waals surface area contributed by atoms with Crippen molar-refractivity contribution >= 4 is 10.0 Å². The van der Waals surface area contributed by atoms with Crippen LogP contribution in [0, 0.1) is 0 Å². The summed E-state index contributed by atoms with van der Waals surface area (Å²) in [5.74, 6) is 0. The first-order chi connectivity index (χ1) is 9.07. The Labute approximate surface area is 116 Å². The van der Waals surface area contributed by atoms with Crippen LogP contribution in [0.1, 0.15) is 6.42 Å². The maximum absolute atomic E-state index is 11.1. The Bertz CT molecular complexity index is 351. The Kier molecular flexibility index (Phi) is 7.55. The number of hydrogen-bond acceptors (Lipinski definition) is 5. The van der Waals surface area contributed by atoms with E-state index in [1.807, 2.05) is 0 Å². The maximum atomic E-state index is 11.1. The van der Waals surface area contributed by atoms with Crippen LogP contribution in [0.5, 0.6) is 0 Å². The van der Waals surface area contributed by atoms with Crippen LogP contribution in [0.15, 0.2) is 12.0 Å². The molecule has 0 saturated carbocycles. The molecule has 0 unspecified atom stereocenters. The van der Waals surface area contributed by atoms with Gasteiger partial charge in [0.25, 0.3) is 0 Å². The van der Waals surface area contributed by atoms with Crippen LogP contribution in [-0.2, 0) is 14.8 Å². The first-order valence-corrected chi connectivity index (χ1v) is 8.18. The van der Waals surface area contributed by atoms with Gasteiger partial charge in [-0.3, -0.25) is 4.90 Å². The lowest BCUT2D eigenvalue weighted by Crippen LogP contribution is -2.47. The highest BCUT2D eigenvalue weighted by Crippen LogP contribution is 2.02. The van der Waals surface area contributed by atoms with Crippen LogP contribution in [0.2, 0.25) is 0 Å². The number of hydrogen-bond donors (Lipinski definition) is 1. The minimum absolute atomic E-state index is 0.470. The van der Waals surface area contributed by atoms with Gasteiger partial charge in [-0.25, -0.2) is 13.1 Å². The molecule has 1 heterocycles. The van der Waals surface area contributed by atoms with E-state index >= 15 is 0 Å². The molecule has 1 rings (SSSR count). The average Bonchev–Trinajstić information content (AvgIpc) is 2.42. The predicted molar refractivity (Wildman–Crippen MR) is 76.5 cm³/mol. The molecule has 0 amide bonds. The Balaban J connectivity index is 2.08. The zero-order valence-corrected chi connectivity index (χ0v) is 12.5. The number of rotatable bonds is 9. The molecule has 1 aliphatic heterocycles. The van der Waals surface area contributed by atoms with Gasteiger partial charge in [-0.15, -0.1) is 0 Å². The van der Waals surface area contributed by atoms with Crippen LogP contribution < -0.4 is 4.72 Å². The molecular formula is C12H25N3O3S. The molecule has 1 N–H and O–H groups in total. The van der Waals surface area contributed by atoms with Gasteiger partial charge in [0.1, 0.15) is 0 Å². The van der Waals surface area contributed by atoms with E-state index in [9.17, 15) is 8.42 Å². The molecule has 1 aliphatic rings. The zero-order chi connectivity index (χ0) is 14.1. The van der Waals surface area contributed by atoms with Crippen molar-refractivity contribution in [2.45, 2.75) is 6.42 Å². The standard InChI is InChI=1S/C12H25N3O3S/c1-3-19(16,17)13-5-4-6-14-7-9-15(10-8-14)11-12-18-2/h3,13H,1,4-12H2,2H3. The summed E-state index contributed by atoms with van der Waals surface area (Å²) in [6.45, 7) is 10.6. The molecule has 1 fully saturated rings. The molecular weight excluding hydrogens is 266 g/mol. The van der Waals surface area contributed by atoms with Gasteiger partial charge in [0.15, 0.2) is 0 Å². The highest BCUT2D eigenvalue weighted by Gasteiger charge is 2.15. The Morgan fingerprint density at radius 3 is 2.32 bits per heavy atom. The topological polar surface area (TPSA) is 61.9 Å². The van der Waals surface area contributed by atoms with Crippen molar-refractivity contribution in [1.82, 2.24) is 14.5 Å². The molecule has 0 atom stereocenters. The molecule has 0 aromatic heterocycles. The Morgan fingerprint density at radius 2 is 1.79 bits per heavy atom. The van der Waals surface area contributed by atoms with Gasteiger partial charge in [0, 0.05) is 51.8 Å². The quantitative estimate of drug-likeness (QED) is 0.591. The lowest BCUT2D eigenvalue weighted by Gasteiger charge is -2.34. The fraction of sp³-hybridized carbons (Fsp3) is 0.833. The maximum Gasteiger partial charge on any atom is 0.233 e. The van der Waals surface area contributed by atoms with Crippen LogP contribution in [0.3, 0.4) is 0 Å². The molecule has 0 spiro atoms. The van der Waals surface area contributed by atoms with Gasteiger partial charge in [-0.05, 0) is 13.0 Å². The van der Waals surface area contributed by atoms with Gasteiger partial charge < -0.3 is 9.64 Å². The van der Waals surface area contributed by atoms with Crippen LogP contribution in [-0.4, -0.2) is 77.7 Å². The van der Waals surface area contributed by atoms with Crippen molar-refractivity contribution in [3.8, 4) is 0 Å². The van der Waals surface area contributed by atoms with Gasteiger partial charge in [0.2, 0.25) is 10.0 Å². The first kappa shape index (κ1) is 16.6. The van der Waals surface area contributed by atoms with Crippen molar-refractivity contribution in [2.75, 3.05) is 59.5 Å². The summed E-state index contributed by atoms with van der Waals surface area (Å²) in [6, 6.07) is 0. The minimum atomic E-state index is -3.27. The monoisotopic (exact) mass is 291 g/mol. The third-order valence-electron chi connectivity index (χ3n) is 3.25. The normalized spacial score (nSPS) is 18.6. The van der Waals surface area contributed by atoms with Crippen LogP contribution >= 0.6 is 0 Å². The van der Waals surface area contributed by atoms with E-state index in [1.165, 1.54) is 0 Å². The van der Waals surface area contributed by atoms with Crippen molar-refractivity contribution in [3.63, 3.8) is 0 Å². The highest BCUT2D eigenvalue weighted by molar-refractivity contribution is 7.92. The fourth-order valence-electron chi connectivity index (χ4n) is 2.03. The highest BCUT2D eigenvalue weighted by atomic mass is 32.2. The van der Waals surface area contributed by atoms with E-state index in [-0.39, 0.29) is 0 Å². The van der Waals surface area contributed by atoms with Crippen molar-refractivity contribution < 1.29 is 13.2 Å². The van der Waals surface area contributed by atoms with Gasteiger partial charge in [-0.1, -0.05) is 6.58 Å². The second-order valence-electron chi connectivity index (χ2n) is 4.64. The third-order valence-corrected chi connectivity index (χ3v) is 4.30. The van der Waals surface area contributed by atoms with E-state index in [2.05, 4.69) is 21.1 Å². The number of sulfonamides is 1. The molecule has 0 aromatic carbocycles. The first-order valence-electron chi connectivity index (χ1n) is 6.63. The summed E-state index contributed by atoms with van der Waals surface area (Å²) in [7, 11) is -1.55. The summed E-state index contributed by atoms with van der Waals surface area (Å²) >= 11 is 0. The van der Waals surface area contributed by atoms with Gasteiger partial charge >= 0.3 is 0 Å². The van der Waals surface area contributed by atoms with E-state index < -0.39 is 10.0 Å². The fourth-order valence-corrected chi connectivity index (χ4v) is 2.58. The molecule has 0 aromatic rings. The largest absolute Gasteiger partial charge is 0.383 e. The predicted octanol–water partition coefficient (Wildman–Crippen LogP) is -0.297.